The second kappa shape index (κ2) is 6.29. The summed E-state index contributed by atoms with van der Waals surface area (Å²) in [6.07, 6.45) is 7.02. The molecule has 0 N–H and O–H groups in total. The molecule has 8 heteroatoms. The van der Waals surface area contributed by atoms with Gasteiger partial charge in [0.1, 0.15) is 12.7 Å². The number of piperazine rings is 1. The summed E-state index contributed by atoms with van der Waals surface area (Å²) in [5.41, 5.74) is 0. The lowest BCUT2D eigenvalue weighted by Crippen LogP contribution is -2.49. The van der Waals surface area contributed by atoms with Crippen LogP contribution in [0.3, 0.4) is 0 Å². The topological polar surface area (TPSA) is 80.0 Å². The quantitative estimate of drug-likeness (QED) is 0.775. The maximum atomic E-state index is 12.2. The lowest BCUT2D eigenvalue weighted by molar-refractivity contribution is -0.131. The molecule has 8 nitrogen and oxygen atoms in total. The minimum Gasteiger partial charge on any atom is -0.339 e. The van der Waals surface area contributed by atoms with Crippen LogP contribution in [0.1, 0.15) is 6.42 Å². The Bertz CT molecular complexity index is 563. The molecule has 0 aliphatic carbocycles. The van der Waals surface area contributed by atoms with Crippen molar-refractivity contribution in [2.45, 2.75) is 13.0 Å². The van der Waals surface area contributed by atoms with Gasteiger partial charge in [0.25, 0.3) is 0 Å². The van der Waals surface area contributed by atoms with Gasteiger partial charge in [-0.25, -0.2) is 15.0 Å². The summed E-state index contributed by atoms with van der Waals surface area (Å²) in [5.74, 6) is 0.881. The Balaban J connectivity index is 1.48. The molecule has 1 amide bonds. The van der Waals surface area contributed by atoms with E-state index in [1.54, 1.807) is 29.5 Å². The highest BCUT2D eigenvalue weighted by Gasteiger charge is 2.22. The van der Waals surface area contributed by atoms with Crippen LogP contribution in [0.25, 0.3) is 0 Å². The number of nitrogens with zero attached hydrogens (tertiary/aromatic N) is 7. The fraction of sp³-hybridized carbons (Fsp3) is 0.462. The van der Waals surface area contributed by atoms with Crippen molar-refractivity contribution in [1.82, 2.24) is 29.6 Å². The number of hydrogen-bond donors (Lipinski definition) is 0. The first-order valence-corrected chi connectivity index (χ1v) is 6.95. The van der Waals surface area contributed by atoms with E-state index in [0.29, 0.717) is 26.1 Å². The SMILES string of the molecule is O=C(CCn1cncn1)N1CCN(c2ncccn2)CC1. The first kappa shape index (κ1) is 13.5. The van der Waals surface area contributed by atoms with Crippen LogP contribution in [0, 0.1) is 0 Å². The number of amides is 1. The van der Waals surface area contributed by atoms with Crippen LogP contribution < -0.4 is 4.90 Å². The lowest BCUT2D eigenvalue weighted by Gasteiger charge is -2.34. The molecule has 1 aliphatic rings. The van der Waals surface area contributed by atoms with E-state index in [1.165, 1.54) is 6.33 Å². The predicted octanol–water partition coefficient (Wildman–Crippen LogP) is -0.193. The van der Waals surface area contributed by atoms with E-state index >= 15 is 0 Å². The van der Waals surface area contributed by atoms with Crippen LogP contribution in [0.5, 0.6) is 0 Å². The molecule has 1 aliphatic heterocycles. The van der Waals surface area contributed by atoms with Gasteiger partial charge in [-0.15, -0.1) is 0 Å². The molecular weight excluding hydrogens is 270 g/mol. The van der Waals surface area contributed by atoms with Crippen molar-refractivity contribution in [3.63, 3.8) is 0 Å². The summed E-state index contributed by atoms with van der Waals surface area (Å²) in [4.78, 5) is 28.5. The molecule has 2 aromatic heterocycles. The largest absolute Gasteiger partial charge is 0.339 e. The van der Waals surface area contributed by atoms with Crippen molar-refractivity contribution in [1.29, 1.82) is 0 Å². The Kier molecular flexibility index (Phi) is 4.04. The van der Waals surface area contributed by atoms with Gasteiger partial charge in [-0.3, -0.25) is 9.48 Å². The zero-order valence-electron chi connectivity index (χ0n) is 11.7. The molecule has 0 atom stereocenters. The molecular formula is C13H17N7O. The first-order chi connectivity index (χ1) is 10.3. The van der Waals surface area contributed by atoms with Gasteiger partial charge < -0.3 is 9.80 Å². The molecule has 3 rings (SSSR count). The van der Waals surface area contributed by atoms with Crippen molar-refractivity contribution in [3.05, 3.63) is 31.1 Å². The summed E-state index contributed by atoms with van der Waals surface area (Å²) in [6, 6.07) is 1.80. The molecule has 0 aromatic carbocycles. The van der Waals surface area contributed by atoms with E-state index in [1.807, 2.05) is 4.90 Å². The highest BCUT2D eigenvalue weighted by molar-refractivity contribution is 5.76. The molecule has 0 unspecified atom stereocenters. The monoisotopic (exact) mass is 287 g/mol. The molecule has 0 bridgehead atoms. The third kappa shape index (κ3) is 3.33. The average molecular weight is 287 g/mol. The smallest absolute Gasteiger partial charge is 0.225 e. The molecule has 21 heavy (non-hydrogen) atoms. The molecule has 3 heterocycles. The highest BCUT2D eigenvalue weighted by Crippen LogP contribution is 2.10. The standard InChI is InChI=1S/C13H17N7O/c21-12(2-5-20-11-14-10-17-20)18-6-8-19(9-7-18)13-15-3-1-4-16-13/h1,3-4,10-11H,2,5-9H2. The third-order valence-corrected chi connectivity index (χ3v) is 3.49. The number of carbonyl (C=O) groups excluding carboxylic acids is 1. The zero-order chi connectivity index (χ0) is 14.5. The van der Waals surface area contributed by atoms with Crippen LogP contribution >= 0.6 is 0 Å². The number of anilines is 1. The first-order valence-electron chi connectivity index (χ1n) is 6.95. The Morgan fingerprint density at radius 3 is 2.57 bits per heavy atom. The number of hydrogen-bond acceptors (Lipinski definition) is 6. The third-order valence-electron chi connectivity index (χ3n) is 3.49. The summed E-state index contributed by atoms with van der Waals surface area (Å²) < 4.78 is 1.67. The van der Waals surface area contributed by atoms with E-state index in [9.17, 15) is 4.79 Å². The summed E-state index contributed by atoms with van der Waals surface area (Å²) in [7, 11) is 0. The number of aryl methyl sites for hydroxylation is 1. The second-order valence-corrected chi connectivity index (χ2v) is 4.83. The van der Waals surface area contributed by atoms with Gasteiger partial charge in [0, 0.05) is 45.0 Å². The van der Waals surface area contributed by atoms with Crippen LogP contribution in [-0.2, 0) is 11.3 Å². The van der Waals surface area contributed by atoms with Gasteiger partial charge in [-0.05, 0) is 6.07 Å². The molecule has 1 fully saturated rings. The maximum absolute atomic E-state index is 12.2. The minimum absolute atomic E-state index is 0.152. The number of rotatable bonds is 4. The van der Waals surface area contributed by atoms with E-state index in [0.717, 1.165) is 19.0 Å². The van der Waals surface area contributed by atoms with Crippen molar-refractivity contribution in [3.8, 4) is 0 Å². The molecule has 0 spiro atoms. The minimum atomic E-state index is 0.152. The Morgan fingerprint density at radius 1 is 1.14 bits per heavy atom. The highest BCUT2D eigenvalue weighted by atomic mass is 16.2. The van der Waals surface area contributed by atoms with Gasteiger partial charge in [0.05, 0.1) is 6.54 Å². The fourth-order valence-electron chi connectivity index (χ4n) is 2.33. The van der Waals surface area contributed by atoms with Crippen LogP contribution in [0.15, 0.2) is 31.1 Å². The van der Waals surface area contributed by atoms with Gasteiger partial charge in [-0.1, -0.05) is 0 Å². The van der Waals surface area contributed by atoms with Crippen LogP contribution in [0.4, 0.5) is 5.95 Å². The van der Waals surface area contributed by atoms with E-state index in [2.05, 4.69) is 25.0 Å². The van der Waals surface area contributed by atoms with Crippen LogP contribution in [-0.4, -0.2) is 61.7 Å². The van der Waals surface area contributed by atoms with Gasteiger partial charge in [0.15, 0.2) is 0 Å². The number of aromatic nitrogens is 5. The van der Waals surface area contributed by atoms with Crippen molar-refractivity contribution >= 4 is 11.9 Å². The maximum Gasteiger partial charge on any atom is 0.225 e. The molecule has 2 aromatic rings. The van der Waals surface area contributed by atoms with Crippen molar-refractivity contribution in [2.24, 2.45) is 0 Å². The predicted molar refractivity (Wildman–Crippen MR) is 75.5 cm³/mol. The molecule has 0 radical (unpaired) electrons. The Morgan fingerprint density at radius 2 is 1.90 bits per heavy atom. The van der Waals surface area contributed by atoms with Gasteiger partial charge >= 0.3 is 0 Å². The number of carbonyl (C=O) groups is 1. The van der Waals surface area contributed by atoms with Crippen molar-refractivity contribution in [2.75, 3.05) is 31.1 Å². The van der Waals surface area contributed by atoms with Gasteiger partial charge in [0.2, 0.25) is 11.9 Å². The summed E-state index contributed by atoms with van der Waals surface area (Å²) >= 11 is 0. The van der Waals surface area contributed by atoms with E-state index < -0.39 is 0 Å². The van der Waals surface area contributed by atoms with Crippen molar-refractivity contribution < 1.29 is 4.79 Å². The molecule has 0 saturated carbocycles. The molecule has 110 valence electrons. The summed E-state index contributed by atoms with van der Waals surface area (Å²) in [5, 5.41) is 4.00. The zero-order valence-corrected chi connectivity index (χ0v) is 11.7. The Labute approximate surface area is 122 Å². The van der Waals surface area contributed by atoms with E-state index in [4.69, 9.17) is 0 Å². The lowest BCUT2D eigenvalue weighted by atomic mass is 10.3. The normalized spacial score (nSPS) is 15.2. The fourth-order valence-corrected chi connectivity index (χ4v) is 2.33. The molecule has 1 saturated heterocycles. The van der Waals surface area contributed by atoms with Crippen LogP contribution in [0.2, 0.25) is 0 Å². The van der Waals surface area contributed by atoms with E-state index in [-0.39, 0.29) is 5.91 Å². The second-order valence-electron chi connectivity index (χ2n) is 4.83. The summed E-state index contributed by atoms with van der Waals surface area (Å²) in [6.45, 7) is 3.50. The average Bonchev–Trinajstić information content (AvgIpc) is 3.07. The van der Waals surface area contributed by atoms with Gasteiger partial charge in [-0.2, -0.15) is 5.10 Å². The Hall–Kier alpha value is -2.51.